The van der Waals surface area contributed by atoms with Crippen molar-refractivity contribution < 1.29 is 4.74 Å². The molecule has 3 aromatic rings. The number of fused-ring (bicyclic) bond motifs is 1. The van der Waals surface area contributed by atoms with E-state index in [2.05, 4.69) is 25.9 Å². The molecular weight excluding hydrogens is 318 g/mol. The number of hydrogen-bond donors (Lipinski definition) is 1. The van der Waals surface area contributed by atoms with Crippen LogP contribution in [0.25, 0.3) is 10.9 Å². The van der Waals surface area contributed by atoms with E-state index in [0.29, 0.717) is 21.8 Å². The molecule has 0 spiro atoms. The quantitative estimate of drug-likeness (QED) is 0.769. The van der Waals surface area contributed by atoms with Crippen LogP contribution in [0.5, 0.6) is 11.6 Å². The van der Waals surface area contributed by atoms with Crippen molar-refractivity contribution in [1.82, 2.24) is 9.97 Å². The Hall–Kier alpha value is -2.14. The van der Waals surface area contributed by atoms with Gasteiger partial charge >= 0.3 is 0 Å². The molecule has 0 amide bonds. The highest BCUT2D eigenvalue weighted by atomic mass is 79.9. The normalized spacial score (nSPS) is 10.7. The zero-order valence-corrected chi connectivity index (χ0v) is 12.4. The Morgan fingerprint density at radius 1 is 1.20 bits per heavy atom. The Labute approximate surface area is 124 Å². The van der Waals surface area contributed by atoms with Gasteiger partial charge in [-0.15, -0.1) is 0 Å². The highest BCUT2D eigenvalue weighted by molar-refractivity contribution is 9.10. The second kappa shape index (κ2) is 5.09. The van der Waals surface area contributed by atoms with Gasteiger partial charge in [-0.3, -0.25) is 0 Å². The summed E-state index contributed by atoms with van der Waals surface area (Å²) in [5.41, 5.74) is 8.01. The first kappa shape index (κ1) is 12.9. The molecule has 0 aliphatic carbocycles. The van der Waals surface area contributed by atoms with Gasteiger partial charge in [-0.2, -0.15) is 0 Å². The van der Waals surface area contributed by atoms with Gasteiger partial charge in [-0.05, 0) is 41.1 Å². The van der Waals surface area contributed by atoms with Crippen molar-refractivity contribution in [2.45, 2.75) is 6.92 Å². The maximum Gasteiger partial charge on any atom is 0.233 e. The molecule has 2 aromatic heterocycles. The Bertz CT molecular complexity index is 789. The fraction of sp³-hybridized carbons (Fsp3) is 0.0667. The molecule has 0 aliphatic rings. The number of aryl methyl sites for hydroxylation is 1. The van der Waals surface area contributed by atoms with Crippen LogP contribution in [0, 0.1) is 6.92 Å². The van der Waals surface area contributed by atoms with Crippen LogP contribution >= 0.6 is 15.9 Å². The summed E-state index contributed by atoms with van der Waals surface area (Å²) in [6.07, 6.45) is 1.56. The highest BCUT2D eigenvalue weighted by Gasteiger charge is 2.09. The molecule has 0 atom stereocenters. The van der Waals surface area contributed by atoms with Crippen LogP contribution in [0.2, 0.25) is 0 Å². The average molecular weight is 330 g/mol. The number of para-hydroxylation sites is 1. The number of nitrogens with zero attached hydrogens (tertiary/aromatic N) is 2. The van der Waals surface area contributed by atoms with E-state index < -0.39 is 0 Å². The van der Waals surface area contributed by atoms with Crippen molar-refractivity contribution in [3.8, 4) is 11.6 Å². The van der Waals surface area contributed by atoms with Crippen LogP contribution in [-0.4, -0.2) is 9.97 Å². The minimum Gasteiger partial charge on any atom is -0.436 e. The molecule has 3 rings (SSSR count). The zero-order chi connectivity index (χ0) is 14.1. The summed E-state index contributed by atoms with van der Waals surface area (Å²) in [4.78, 5) is 8.71. The summed E-state index contributed by atoms with van der Waals surface area (Å²) in [6.45, 7) is 1.95. The molecule has 0 fully saturated rings. The van der Waals surface area contributed by atoms with Crippen molar-refractivity contribution >= 4 is 32.5 Å². The number of benzene rings is 1. The summed E-state index contributed by atoms with van der Waals surface area (Å²) in [5.74, 6) is 1.14. The third-order valence-corrected chi connectivity index (χ3v) is 3.43. The van der Waals surface area contributed by atoms with Gasteiger partial charge in [0.2, 0.25) is 5.88 Å². The molecule has 100 valence electrons. The molecular formula is C15H12BrN3O. The van der Waals surface area contributed by atoms with Crippen molar-refractivity contribution in [3.05, 3.63) is 52.8 Å². The van der Waals surface area contributed by atoms with E-state index in [1.54, 1.807) is 12.3 Å². The molecule has 4 nitrogen and oxygen atoms in total. The van der Waals surface area contributed by atoms with E-state index in [1.165, 1.54) is 0 Å². The molecule has 0 radical (unpaired) electrons. The van der Waals surface area contributed by atoms with Crippen molar-refractivity contribution in [3.63, 3.8) is 0 Å². The van der Waals surface area contributed by atoms with E-state index >= 15 is 0 Å². The number of pyridine rings is 2. The van der Waals surface area contributed by atoms with Crippen molar-refractivity contribution in [2.24, 2.45) is 0 Å². The van der Waals surface area contributed by atoms with Gasteiger partial charge in [0.25, 0.3) is 0 Å². The van der Waals surface area contributed by atoms with Gasteiger partial charge < -0.3 is 10.5 Å². The van der Waals surface area contributed by atoms with E-state index in [9.17, 15) is 0 Å². The van der Waals surface area contributed by atoms with Crippen LogP contribution in [-0.2, 0) is 0 Å². The fourth-order valence-corrected chi connectivity index (χ4v) is 2.37. The molecule has 0 unspecified atom stereocenters. The summed E-state index contributed by atoms with van der Waals surface area (Å²) >= 11 is 3.40. The molecule has 5 heteroatoms. The van der Waals surface area contributed by atoms with Crippen LogP contribution in [0.1, 0.15) is 5.69 Å². The summed E-state index contributed by atoms with van der Waals surface area (Å²) in [5, 5.41) is 1.03. The largest absolute Gasteiger partial charge is 0.436 e. The predicted molar refractivity (Wildman–Crippen MR) is 82.9 cm³/mol. The summed E-state index contributed by atoms with van der Waals surface area (Å²) in [7, 11) is 0. The fourth-order valence-electron chi connectivity index (χ4n) is 1.92. The Balaban J connectivity index is 2.08. The van der Waals surface area contributed by atoms with Crippen LogP contribution in [0.15, 0.2) is 47.1 Å². The number of ether oxygens (including phenoxy) is 1. The first-order valence-corrected chi connectivity index (χ1v) is 6.88. The average Bonchev–Trinajstić information content (AvgIpc) is 2.42. The second-order valence-corrected chi connectivity index (χ2v) is 5.29. The number of nitrogen functional groups attached to an aromatic ring is 1. The minimum atomic E-state index is 0.468. The number of aromatic nitrogens is 2. The van der Waals surface area contributed by atoms with Crippen LogP contribution in [0.3, 0.4) is 0 Å². The van der Waals surface area contributed by atoms with Gasteiger partial charge in [0.05, 0.1) is 16.4 Å². The Morgan fingerprint density at radius 2 is 2.05 bits per heavy atom. The lowest BCUT2D eigenvalue weighted by molar-refractivity contribution is 0.464. The molecule has 0 aliphatic heterocycles. The van der Waals surface area contributed by atoms with Crippen molar-refractivity contribution in [1.29, 1.82) is 0 Å². The number of rotatable bonds is 2. The highest BCUT2D eigenvalue weighted by Crippen LogP contribution is 2.32. The minimum absolute atomic E-state index is 0.468. The number of hydrogen-bond acceptors (Lipinski definition) is 4. The van der Waals surface area contributed by atoms with Crippen LogP contribution < -0.4 is 10.5 Å². The standard InChI is InChI=1S/C15H12BrN3O/c1-9-5-6-10-3-2-4-13(14(10)19-9)20-15-12(16)7-11(17)8-18-15/h2-8H,17H2,1H3. The van der Waals surface area contributed by atoms with Gasteiger partial charge in [-0.1, -0.05) is 18.2 Å². The Kier molecular flexibility index (Phi) is 3.28. The Morgan fingerprint density at radius 3 is 2.85 bits per heavy atom. The number of anilines is 1. The molecule has 2 N–H and O–H groups in total. The molecule has 1 aromatic carbocycles. The third-order valence-electron chi connectivity index (χ3n) is 2.86. The van der Waals surface area contributed by atoms with Gasteiger partial charge in [-0.25, -0.2) is 9.97 Å². The molecule has 0 bridgehead atoms. The molecule has 0 saturated carbocycles. The SMILES string of the molecule is Cc1ccc2cccc(Oc3ncc(N)cc3Br)c2n1. The monoisotopic (exact) mass is 329 g/mol. The first-order valence-electron chi connectivity index (χ1n) is 6.09. The lowest BCUT2D eigenvalue weighted by Crippen LogP contribution is -1.94. The predicted octanol–water partition coefficient (Wildman–Crippen LogP) is 4.08. The molecule has 2 heterocycles. The zero-order valence-electron chi connectivity index (χ0n) is 10.8. The maximum absolute atomic E-state index is 5.86. The van der Waals surface area contributed by atoms with Gasteiger partial charge in [0.15, 0.2) is 5.75 Å². The third kappa shape index (κ3) is 2.44. The summed E-state index contributed by atoms with van der Waals surface area (Å²) in [6, 6.07) is 11.6. The topological polar surface area (TPSA) is 61.0 Å². The van der Waals surface area contributed by atoms with E-state index in [1.807, 2.05) is 37.3 Å². The van der Waals surface area contributed by atoms with Crippen molar-refractivity contribution in [2.75, 3.05) is 5.73 Å². The molecule has 0 saturated heterocycles. The maximum atomic E-state index is 5.86. The number of halogens is 1. The number of nitrogens with two attached hydrogens (primary N) is 1. The summed E-state index contributed by atoms with van der Waals surface area (Å²) < 4.78 is 6.57. The van der Waals surface area contributed by atoms with Crippen LogP contribution in [0.4, 0.5) is 5.69 Å². The lowest BCUT2D eigenvalue weighted by atomic mass is 10.2. The van der Waals surface area contributed by atoms with E-state index in [-0.39, 0.29) is 0 Å². The van der Waals surface area contributed by atoms with Gasteiger partial charge in [0, 0.05) is 11.1 Å². The second-order valence-electron chi connectivity index (χ2n) is 4.44. The van der Waals surface area contributed by atoms with E-state index in [4.69, 9.17) is 10.5 Å². The molecule has 20 heavy (non-hydrogen) atoms. The smallest absolute Gasteiger partial charge is 0.233 e. The lowest BCUT2D eigenvalue weighted by Gasteiger charge is -2.09. The first-order chi connectivity index (χ1) is 9.63. The van der Waals surface area contributed by atoms with Gasteiger partial charge in [0.1, 0.15) is 5.52 Å². The van der Waals surface area contributed by atoms with E-state index in [0.717, 1.165) is 16.6 Å².